The molecule has 0 spiro atoms. The van der Waals surface area contributed by atoms with Gasteiger partial charge in [0.25, 0.3) is 0 Å². The molecule has 0 saturated heterocycles. The molecular weight excluding hydrogens is 260 g/mol. The Bertz CT molecular complexity index is 482. The van der Waals surface area contributed by atoms with Crippen molar-refractivity contribution < 1.29 is 5.11 Å². The highest BCUT2D eigenvalue weighted by atomic mass is 32.1. The van der Waals surface area contributed by atoms with Crippen LogP contribution in [0, 0.1) is 13.8 Å². The minimum Gasteiger partial charge on any atom is -0.389 e. The first-order valence-electron chi connectivity index (χ1n) is 6.28. The van der Waals surface area contributed by atoms with Crippen molar-refractivity contribution in [1.82, 2.24) is 10.2 Å². The van der Waals surface area contributed by atoms with Crippen LogP contribution in [0.25, 0.3) is 0 Å². The zero-order chi connectivity index (χ0) is 14.8. The van der Waals surface area contributed by atoms with Gasteiger partial charge < -0.3 is 15.7 Å². The number of aryl methyl sites for hydroxylation is 1. The first-order chi connectivity index (χ1) is 8.67. The number of nitrogens with zero attached hydrogens (tertiary/aromatic N) is 3. The summed E-state index contributed by atoms with van der Waals surface area (Å²) in [7, 11) is 0. The minimum atomic E-state index is -0.829. The largest absolute Gasteiger partial charge is 0.389 e. The van der Waals surface area contributed by atoms with Gasteiger partial charge in [0, 0.05) is 13.1 Å². The summed E-state index contributed by atoms with van der Waals surface area (Å²) < 4.78 is 0. The van der Waals surface area contributed by atoms with Crippen LogP contribution in [0.1, 0.15) is 37.6 Å². The van der Waals surface area contributed by atoms with Crippen molar-refractivity contribution in [2.75, 3.05) is 18.0 Å². The van der Waals surface area contributed by atoms with Crippen molar-refractivity contribution in [2.45, 2.75) is 40.2 Å². The maximum absolute atomic E-state index is 9.98. The molecule has 3 N–H and O–H groups in total. The second-order valence-corrected chi connectivity index (χ2v) is 5.74. The fourth-order valence-electron chi connectivity index (χ4n) is 1.92. The van der Waals surface area contributed by atoms with Gasteiger partial charge in [-0.25, -0.2) is 0 Å². The summed E-state index contributed by atoms with van der Waals surface area (Å²) in [6, 6.07) is 0. The first kappa shape index (κ1) is 15.8. The summed E-state index contributed by atoms with van der Waals surface area (Å²) in [5.41, 5.74) is 7.48. The molecule has 106 valence electrons. The summed E-state index contributed by atoms with van der Waals surface area (Å²) in [6.07, 6.45) is 0. The Morgan fingerprint density at radius 1 is 1.37 bits per heavy atom. The highest BCUT2D eigenvalue weighted by molar-refractivity contribution is 7.80. The minimum absolute atomic E-state index is 0.305. The van der Waals surface area contributed by atoms with Crippen LogP contribution in [0.5, 0.6) is 0 Å². The molecule has 0 amide bonds. The summed E-state index contributed by atoms with van der Waals surface area (Å²) in [4.78, 5) is 2.24. The molecule has 1 heterocycles. The van der Waals surface area contributed by atoms with E-state index in [2.05, 4.69) is 10.2 Å². The topological polar surface area (TPSA) is 75.3 Å². The van der Waals surface area contributed by atoms with E-state index in [1.165, 1.54) is 0 Å². The predicted octanol–water partition coefficient (Wildman–Crippen LogP) is 1.32. The Labute approximate surface area is 119 Å². The lowest BCUT2D eigenvalue weighted by Gasteiger charge is -2.30. The molecule has 1 aromatic rings. The Balaban J connectivity index is 3.32. The molecule has 6 heteroatoms. The maximum atomic E-state index is 9.98. The number of anilines is 1. The lowest BCUT2D eigenvalue weighted by Crippen LogP contribution is -2.40. The van der Waals surface area contributed by atoms with Crippen LogP contribution in [0.3, 0.4) is 0 Å². The molecule has 0 aliphatic heterocycles. The molecule has 1 rings (SSSR count). The van der Waals surface area contributed by atoms with E-state index in [1.807, 2.05) is 25.7 Å². The molecule has 0 aliphatic carbocycles. The second-order valence-electron chi connectivity index (χ2n) is 5.30. The third kappa shape index (κ3) is 3.84. The number of aromatic nitrogens is 2. The molecule has 0 fully saturated rings. The van der Waals surface area contributed by atoms with E-state index in [0.717, 1.165) is 16.8 Å². The molecule has 1 aromatic heterocycles. The van der Waals surface area contributed by atoms with Crippen LogP contribution in [0.4, 0.5) is 5.82 Å². The lowest BCUT2D eigenvalue weighted by atomic mass is 10.1. The smallest absolute Gasteiger partial charge is 0.161 e. The number of likely N-dealkylation sites (N-methyl/N-ethyl adjacent to an activating group) is 1. The Morgan fingerprint density at radius 2 is 1.95 bits per heavy atom. The number of hydrogen-bond acceptors (Lipinski definition) is 5. The normalized spacial score (nSPS) is 11.5. The Morgan fingerprint density at radius 3 is 2.37 bits per heavy atom. The molecule has 0 radical (unpaired) electrons. The number of rotatable bonds is 5. The molecule has 0 atom stereocenters. The van der Waals surface area contributed by atoms with E-state index < -0.39 is 5.60 Å². The SMILES string of the molecule is CCN(CC(C)(C)O)c1nnc(C)c(C)c1C(N)=S. The molecule has 0 saturated carbocycles. The highest BCUT2D eigenvalue weighted by Crippen LogP contribution is 2.23. The first-order valence-corrected chi connectivity index (χ1v) is 6.69. The van der Waals surface area contributed by atoms with Crippen molar-refractivity contribution in [1.29, 1.82) is 0 Å². The molecule has 0 unspecified atom stereocenters. The van der Waals surface area contributed by atoms with Crippen LogP contribution in [0.2, 0.25) is 0 Å². The van der Waals surface area contributed by atoms with Gasteiger partial charge in [-0.05, 0) is 40.2 Å². The third-order valence-corrected chi connectivity index (χ3v) is 3.15. The van der Waals surface area contributed by atoms with Crippen molar-refractivity contribution in [3.8, 4) is 0 Å². The quantitative estimate of drug-likeness (QED) is 0.794. The van der Waals surface area contributed by atoms with Crippen molar-refractivity contribution >= 4 is 23.0 Å². The van der Waals surface area contributed by atoms with Crippen molar-refractivity contribution in [3.63, 3.8) is 0 Å². The van der Waals surface area contributed by atoms with Crippen LogP contribution in [0.15, 0.2) is 0 Å². The monoisotopic (exact) mass is 282 g/mol. The summed E-state index contributed by atoms with van der Waals surface area (Å²) in [5.74, 6) is 0.639. The fraction of sp³-hybridized carbons (Fsp3) is 0.615. The second kappa shape index (κ2) is 5.79. The van der Waals surface area contributed by atoms with Gasteiger partial charge in [-0.3, -0.25) is 0 Å². The van der Waals surface area contributed by atoms with Gasteiger partial charge in [0.05, 0.1) is 16.9 Å². The summed E-state index contributed by atoms with van der Waals surface area (Å²) >= 11 is 5.13. The summed E-state index contributed by atoms with van der Waals surface area (Å²) in [5, 5.41) is 18.3. The Hall–Kier alpha value is -1.27. The standard InChI is InChI=1S/C13H22N4OS/c1-6-17(7-13(4,5)18)12-10(11(14)19)8(2)9(3)15-16-12/h18H,6-7H2,1-5H3,(H2,14,19). The number of aliphatic hydroxyl groups is 1. The average Bonchev–Trinajstić information content (AvgIpc) is 2.27. The molecule has 0 bridgehead atoms. The number of hydrogen-bond donors (Lipinski definition) is 2. The van der Waals surface area contributed by atoms with Gasteiger partial charge >= 0.3 is 0 Å². The molecule has 5 nitrogen and oxygen atoms in total. The van der Waals surface area contributed by atoms with E-state index >= 15 is 0 Å². The predicted molar refractivity (Wildman–Crippen MR) is 81.6 cm³/mol. The van der Waals surface area contributed by atoms with E-state index in [1.54, 1.807) is 13.8 Å². The van der Waals surface area contributed by atoms with Gasteiger partial charge in [0.15, 0.2) is 5.82 Å². The molecule has 0 aromatic carbocycles. The number of nitrogens with two attached hydrogens (primary N) is 1. The van der Waals surface area contributed by atoms with Crippen LogP contribution in [-0.2, 0) is 0 Å². The van der Waals surface area contributed by atoms with Gasteiger partial charge in [-0.2, -0.15) is 5.10 Å². The highest BCUT2D eigenvalue weighted by Gasteiger charge is 2.23. The fourth-order valence-corrected chi connectivity index (χ4v) is 2.16. The van der Waals surface area contributed by atoms with Gasteiger partial charge in [0.1, 0.15) is 4.99 Å². The van der Waals surface area contributed by atoms with E-state index in [-0.39, 0.29) is 0 Å². The molecule has 19 heavy (non-hydrogen) atoms. The maximum Gasteiger partial charge on any atom is 0.161 e. The average molecular weight is 282 g/mol. The third-order valence-electron chi connectivity index (χ3n) is 2.94. The van der Waals surface area contributed by atoms with E-state index in [0.29, 0.717) is 23.9 Å². The van der Waals surface area contributed by atoms with Crippen LogP contribution < -0.4 is 10.6 Å². The van der Waals surface area contributed by atoms with Crippen molar-refractivity contribution in [3.05, 3.63) is 16.8 Å². The summed E-state index contributed by atoms with van der Waals surface area (Å²) in [6.45, 7) is 10.4. The van der Waals surface area contributed by atoms with Gasteiger partial charge in [0.2, 0.25) is 0 Å². The molecule has 0 aliphatic rings. The van der Waals surface area contributed by atoms with Gasteiger partial charge in [-0.1, -0.05) is 12.2 Å². The van der Waals surface area contributed by atoms with Crippen molar-refractivity contribution in [2.24, 2.45) is 5.73 Å². The molecular formula is C13H22N4OS. The van der Waals surface area contributed by atoms with Crippen LogP contribution in [-0.4, -0.2) is 39.0 Å². The number of thiocarbonyl (C=S) groups is 1. The lowest BCUT2D eigenvalue weighted by molar-refractivity contribution is 0.0873. The van der Waals surface area contributed by atoms with E-state index in [9.17, 15) is 5.11 Å². The van der Waals surface area contributed by atoms with Gasteiger partial charge in [-0.15, -0.1) is 5.10 Å². The van der Waals surface area contributed by atoms with E-state index in [4.69, 9.17) is 18.0 Å². The zero-order valence-corrected chi connectivity index (χ0v) is 13.0. The Kier molecular flexibility index (Phi) is 4.81. The van der Waals surface area contributed by atoms with Crippen LogP contribution >= 0.6 is 12.2 Å². The zero-order valence-electron chi connectivity index (χ0n) is 12.2.